The Morgan fingerprint density at radius 2 is 1.92 bits per heavy atom. The molecule has 134 valence electrons. The van der Waals surface area contributed by atoms with E-state index in [1.54, 1.807) is 17.0 Å². The molecule has 0 atom stereocenters. The Kier molecular flexibility index (Phi) is 6.79. The minimum absolute atomic E-state index is 0.224. The van der Waals surface area contributed by atoms with Crippen LogP contribution in [0.4, 0.5) is 4.39 Å². The van der Waals surface area contributed by atoms with Crippen LogP contribution in [-0.2, 0) is 17.9 Å². The van der Waals surface area contributed by atoms with Crippen LogP contribution in [0.1, 0.15) is 11.1 Å². The number of halogens is 1. The normalized spacial score (nSPS) is 15.2. The average molecular weight is 346 g/mol. The van der Waals surface area contributed by atoms with Gasteiger partial charge in [-0.05, 0) is 18.2 Å². The van der Waals surface area contributed by atoms with Gasteiger partial charge in [-0.2, -0.15) is 0 Å². The first-order valence-corrected chi connectivity index (χ1v) is 8.99. The Labute approximate surface area is 148 Å². The van der Waals surface area contributed by atoms with Crippen LogP contribution in [0.3, 0.4) is 0 Å². The highest BCUT2D eigenvalue weighted by atomic mass is 19.1. The molecule has 0 amide bonds. The summed E-state index contributed by atoms with van der Waals surface area (Å²) >= 11 is 0. The summed E-state index contributed by atoms with van der Waals surface area (Å²) in [6, 6.07) is 14.8. The number of benzene rings is 2. The summed E-state index contributed by atoms with van der Waals surface area (Å²) in [5.74, 6) is 0.561. The van der Waals surface area contributed by atoms with Crippen molar-refractivity contribution in [1.29, 1.82) is 0 Å². The second kappa shape index (κ2) is 9.51. The van der Waals surface area contributed by atoms with Gasteiger partial charge in [-0.25, -0.2) is 4.39 Å². The molecule has 1 saturated heterocycles. The largest absolute Gasteiger partial charge is 0.489 e. The molecule has 0 aliphatic carbocycles. The van der Waals surface area contributed by atoms with Crippen molar-refractivity contribution in [3.8, 4) is 5.75 Å². The Hall–Kier alpha value is -1.95. The molecule has 25 heavy (non-hydrogen) atoms. The van der Waals surface area contributed by atoms with E-state index in [4.69, 9.17) is 9.47 Å². The minimum Gasteiger partial charge on any atom is -0.489 e. The number of hydrogen-bond acceptors (Lipinski definition) is 2. The summed E-state index contributed by atoms with van der Waals surface area (Å²) < 4.78 is 24.8. The van der Waals surface area contributed by atoms with Crippen LogP contribution in [0, 0.1) is 5.82 Å². The van der Waals surface area contributed by atoms with E-state index >= 15 is 0 Å². The zero-order valence-electron chi connectivity index (χ0n) is 14.5. The third kappa shape index (κ3) is 5.81. The molecule has 3 N–H and O–H groups in total. The lowest BCUT2D eigenvalue weighted by molar-refractivity contribution is -0.920. The molecule has 0 unspecified atom stereocenters. The fraction of sp³-hybridized carbons (Fsp3) is 0.400. The van der Waals surface area contributed by atoms with E-state index in [9.17, 15) is 4.39 Å². The molecule has 0 radical (unpaired) electrons. The first-order valence-electron chi connectivity index (χ1n) is 8.99. The lowest BCUT2D eigenvalue weighted by Crippen LogP contribution is -3.16. The second-order valence-electron chi connectivity index (χ2n) is 6.42. The predicted molar refractivity (Wildman–Crippen MR) is 94.1 cm³/mol. The van der Waals surface area contributed by atoms with Gasteiger partial charge in [-0.1, -0.05) is 30.3 Å². The highest BCUT2D eigenvalue weighted by Crippen LogP contribution is 2.15. The first-order chi connectivity index (χ1) is 12.3. The number of morpholine rings is 1. The van der Waals surface area contributed by atoms with E-state index in [-0.39, 0.29) is 12.4 Å². The standard InChI is InChI=1S/C20H25FN2O2/c21-20-7-2-1-5-18(20)16-25-19-6-3-4-17(14-19)15-22-8-9-23-10-12-24-13-11-23/h1-7,14,22H,8-13,15-16H2/p+2. The SMILES string of the molecule is Fc1ccccc1COc1cccc(C[NH2+]CC[NH+]2CCOCC2)c1. The molecule has 5 heteroatoms. The van der Waals surface area contributed by atoms with Gasteiger partial charge in [0.1, 0.15) is 50.9 Å². The molecule has 3 rings (SSSR count). The Morgan fingerprint density at radius 1 is 1.08 bits per heavy atom. The van der Waals surface area contributed by atoms with Crippen LogP contribution in [0.2, 0.25) is 0 Å². The third-order valence-corrected chi connectivity index (χ3v) is 4.53. The predicted octanol–water partition coefficient (Wildman–Crippen LogP) is 0.383. The van der Waals surface area contributed by atoms with Gasteiger partial charge in [-0.3, -0.25) is 0 Å². The summed E-state index contributed by atoms with van der Waals surface area (Å²) in [5, 5.41) is 2.33. The van der Waals surface area contributed by atoms with Crippen LogP contribution >= 0.6 is 0 Å². The average Bonchev–Trinajstić information content (AvgIpc) is 2.66. The summed E-state index contributed by atoms with van der Waals surface area (Å²) in [7, 11) is 0. The smallest absolute Gasteiger partial charge is 0.129 e. The molecule has 2 aromatic carbocycles. The van der Waals surface area contributed by atoms with E-state index in [2.05, 4.69) is 11.4 Å². The molecule has 0 bridgehead atoms. The number of quaternary nitrogens is 2. The van der Waals surface area contributed by atoms with Gasteiger partial charge in [-0.15, -0.1) is 0 Å². The minimum atomic E-state index is -0.224. The highest BCUT2D eigenvalue weighted by molar-refractivity contribution is 5.28. The third-order valence-electron chi connectivity index (χ3n) is 4.53. The van der Waals surface area contributed by atoms with Crippen molar-refractivity contribution in [2.24, 2.45) is 0 Å². The van der Waals surface area contributed by atoms with E-state index in [0.717, 1.165) is 45.1 Å². The zero-order valence-corrected chi connectivity index (χ0v) is 14.5. The zero-order chi connectivity index (χ0) is 17.3. The molecular formula is C20H27FN2O2+2. The van der Waals surface area contributed by atoms with Crippen LogP contribution in [0.5, 0.6) is 5.75 Å². The quantitative estimate of drug-likeness (QED) is 0.679. The van der Waals surface area contributed by atoms with Gasteiger partial charge in [0.2, 0.25) is 0 Å². The van der Waals surface area contributed by atoms with Crippen molar-refractivity contribution in [3.63, 3.8) is 0 Å². The fourth-order valence-corrected chi connectivity index (χ4v) is 3.02. The van der Waals surface area contributed by atoms with Crippen molar-refractivity contribution in [3.05, 3.63) is 65.5 Å². The number of hydrogen-bond donors (Lipinski definition) is 2. The molecule has 1 aliphatic rings. The number of nitrogens with two attached hydrogens (primary N) is 1. The van der Waals surface area contributed by atoms with Crippen molar-refractivity contribution in [1.82, 2.24) is 0 Å². The van der Waals surface area contributed by atoms with Crippen molar-refractivity contribution >= 4 is 0 Å². The molecular weight excluding hydrogens is 319 g/mol. The van der Waals surface area contributed by atoms with Gasteiger partial charge in [0.05, 0.1) is 13.2 Å². The molecule has 1 heterocycles. The summed E-state index contributed by atoms with van der Waals surface area (Å²) in [5.41, 5.74) is 1.80. The summed E-state index contributed by atoms with van der Waals surface area (Å²) in [6.45, 7) is 7.47. The van der Waals surface area contributed by atoms with Gasteiger partial charge in [0, 0.05) is 11.1 Å². The van der Waals surface area contributed by atoms with E-state index in [0.29, 0.717) is 5.56 Å². The number of nitrogens with one attached hydrogen (secondary N) is 1. The Bertz CT molecular complexity index is 660. The molecule has 1 aliphatic heterocycles. The maximum absolute atomic E-state index is 13.6. The molecule has 1 fully saturated rings. The van der Waals surface area contributed by atoms with Crippen molar-refractivity contribution in [2.45, 2.75) is 13.2 Å². The molecule has 2 aromatic rings. The molecule has 0 aromatic heterocycles. The number of rotatable bonds is 8. The highest BCUT2D eigenvalue weighted by Gasteiger charge is 2.13. The van der Waals surface area contributed by atoms with Crippen LogP contribution < -0.4 is 15.0 Å². The Morgan fingerprint density at radius 3 is 2.76 bits per heavy atom. The second-order valence-corrected chi connectivity index (χ2v) is 6.42. The molecule has 4 nitrogen and oxygen atoms in total. The summed E-state index contributed by atoms with van der Waals surface area (Å²) in [6.07, 6.45) is 0. The lowest BCUT2D eigenvalue weighted by atomic mass is 10.2. The monoisotopic (exact) mass is 346 g/mol. The van der Waals surface area contributed by atoms with Crippen LogP contribution in [0.25, 0.3) is 0 Å². The van der Waals surface area contributed by atoms with E-state index in [1.165, 1.54) is 18.2 Å². The van der Waals surface area contributed by atoms with Gasteiger partial charge in [0.25, 0.3) is 0 Å². The van der Waals surface area contributed by atoms with Crippen molar-refractivity contribution < 1.29 is 24.1 Å². The maximum atomic E-state index is 13.6. The molecule has 0 spiro atoms. The summed E-state index contributed by atoms with van der Waals surface area (Å²) in [4.78, 5) is 1.63. The van der Waals surface area contributed by atoms with Crippen molar-refractivity contribution in [2.75, 3.05) is 39.4 Å². The van der Waals surface area contributed by atoms with Gasteiger partial charge < -0.3 is 19.7 Å². The molecule has 0 saturated carbocycles. The van der Waals surface area contributed by atoms with Gasteiger partial charge >= 0.3 is 0 Å². The lowest BCUT2D eigenvalue weighted by Gasteiger charge is -2.22. The maximum Gasteiger partial charge on any atom is 0.129 e. The first kappa shape index (κ1) is 17.9. The Balaban J connectivity index is 1.42. The number of ether oxygens (including phenoxy) is 2. The van der Waals surface area contributed by atoms with E-state index < -0.39 is 0 Å². The van der Waals surface area contributed by atoms with E-state index in [1.807, 2.05) is 24.3 Å². The fourth-order valence-electron chi connectivity index (χ4n) is 3.02. The van der Waals surface area contributed by atoms with Crippen LogP contribution in [0.15, 0.2) is 48.5 Å². The topological polar surface area (TPSA) is 39.5 Å². The van der Waals surface area contributed by atoms with Crippen LogP contribution in [-0.4, -0.2) is 39.4 Å². The van der Waals surface area contributed by atoms with Gasteiger partial charge in [0.15, 0.2) is 0 Å².